The first kappa shape index (κ1) is 18.9. The normalized spacial score (nSPS) is 11.3. The molecule has 3 aromatic rings. The molecule has 3 rings (SSSR count). The van der Waals surface area contributed by atoms with Gasteiger partial charge in [-0.15, -0.1) is 0 Å². The van der Waals surface area contributed by atoms with E-state index in [1.165, 1.54) is 24.3 Å². The first-order valence-electron chi connectivity index (χ1n) is 7.64. The van der Waals surface area contributed by atoms with Crippen LogP contribution in [0.3, 0.4) is 0 Å². The summed E-state index contributed by atoms with van der Waals surface area (Å²) in [5, 5.41) is 9.68. The minimum Gasteiger partial charge on any atom is -0.475 e. The highest BCUT2D eigenvalue weighted by atomic mass is 35.5. The molecule has 0 fully saturated rings. The molecule has 0 atom stereocenters. The molecule has 8 heteroatoms. The summed E-state index contributed by atoms with van der Waals surface area (Å²) in [7, 11) is -3.40. The molecular weight excluding hydrogens is 392 g/mol. The van der Waals surface area contributed by atoms with E-state index in [1.54, 1.807) is 24.3 Å². The SMILES string of the molecule is CS(=O)(=O)c1ccc(-c2oc(C(=O)O)cc(=O)c2-c2ccc(Cl)cc2)cc1. The van der Waals surface area contributed by atoms with Gasteiger partial charge in [-0.3, -0.25) is 4.79 Å². The van der Waals surface area contributed by atoms with Gasteiger partial charge in [-0.2, -0.15) is 0 Å². The van der Waals surface area contributed by atoms with Crippen molar-refractivity contribution in [1.29, 1.82) is 0 Å². The highest BCUT2D eigenvalue weighted by Gasteiger charge is 2.19. The van der Waals surface area contributed by atoms with Crippen LogP contribution in [0.1, 0.15) is 10.6 Å². The second kappa shape index (κ2) is 7.02. The third kappa shape index (κ3) is 3.94. The monoisotopic (exact) mass is 404 g/mol. The zero-order valence-electron chi connectivity index (χ0n) is 14.0. The Hall–Kier alpha value is -2.90. The number of aromatic carboxylic acids is 1. The molecule has 0 aliphatic heterocycles. The van der Waals surface area contributed by atoms with Crippen molar-refractivity contribution in [3.05, 3.63) is 75.6 Å². The lowest BCUT2D eigenvalue weighted by atomic mass is 10.00. The maximum Gasteiger partial charge on any atom is 0.371 e. The van der Waals surface area contributed by atoms with E-state index in [9.17, 15) is 23.1 Å². The summed E-state index contributed by atoms with van der Waals surface area (Å²) in [5.74, 6) is -1.87. The molecule has 0 saturated heterocycles. The van der Waals surface area contributed by atoms with Gasteiger partial charge in [-0.05, 0) is 42.0 Å². The van der Waals surface area contributed by atoms with Gasteiger partial charge in [0.1, 0.15) is 5.76 Å². The van der Waals surface area contributed by atoms with Gasteiger partial charge < -0.3 is 9.52 Å². The fraction of sp³-hybridized carbons (Fsp3) is 0.0526. The summed E-state index contributed by atoms with van der Waals surface area (Å²) in [5.41, 5.74) is 0.478. The van der Waals surface area contributed by atoms with Crippen molar-refractivity contribution >= 4 is 27.4 Å². The number of halogens is 1. The van der Waals surface area contributed by atoms with Crippen molar-refractivity contribution < 1.29 is 22.7 Å². The third-order valence-electron chi connectivity index (χ3n) is 3.84. The molecule has 6 nitrogen and oxygen atoms in total. The van der Waals surface area contributed by atoms with Crippen LogP contribution < -0.4 is 5.43 Å². The average molecular weight is 405 g/mol. The van der Waals surface area contributed by atoms with Gasteiger partial charge in [-0.25, -0.2) is 13.2 Å². The third-order valence-corrected chi connectivity index (χ3v) is 5.22. The number of benzene rings is 2. The largest absolute Gasteiger partial charge is 0.475 e. The molecule has 0 unspecified atom stereocenters. The Labute approximate surface area is 159 Å². The predicted molar refractivity (Wildman–Crippen MR) is 101 cm³/mol. The van der Waals surface area contributed by atoms with Crippen molar-refractivity contribution in [2.24, 2.45) is 0 Å². The quantitative estimate of drug-likeness (QED) is 0.710. The lowest BCUT2D eigenvalue weighted by Gasteiger charge is -2.10. The molecule has 0 aliphatic rings. The summed E-state index contributed by atoms with van der Waals surface area (Å²) in [4.78, 5) is 24.0. The van der Waals surface area contributed by atoms with Gasteiger partial charge in [0.25, 0.3) is 0 Å². The van der Waals surface area contributed by atoms with E-state index in [4.69, 9.17) is 16.0 Å². The van der Waals surface area contributed by atoms with E-state index < -0.39 is 27.0 Å². The van der Waals surface area contributed by atoms with Crippen LogP contribution >= 0.6 is 11.6 Å². The van der Waals surface area contributed by atoms with Crippen LogP contribution in [-0.4, -0.2) is 25.7 Å². The van der Waals surface area contributed by atoms with Crippen molar-refractivity contribution in [1.82, 2.24) is 0 Å². The Morgan fingerprint density at radius 1 is 1.00 bits per heavy atom. The standard InChI is InChI=1S/C19H13ClO6S/c1-27(24,25)14-8-4-12(5-9-14)18-17(11-2-6-13(20)7-3-11)15(21)10-16(26-18)19(22)23/h2-10H,1H3,(H,22,23). The van der Waals surface area contributed by atoms with Gasteiger partial charge in [0.05, 0.1) is 10.5 Å². The van der Waals surface area contributed by atoms with Crippen LogP contribution in [-0.2, 0) is 9.84 Å². The van der Waals surface area contributed by atoms with Gasteiger partial charge in [0, 0.05) is 22.9 Å². The van der Waals surface area contributed by atoms with Crippen LogP contribution in [0.4, 0.5) is 0 Å². The molecule has 1 heterocycles. The number of rotatable bonds is 4. The Balaban J connectivity index is 2.27. The molecule has 1 aromatic heterocycles. The lowest BCUT2D eigenvalue weighted by Crippen LogP contribution is -2.10. The van der Waals surface area contributed by atoms with Gasteiger partial charge in [0.2, 0.25) is 5.76 Å². The Bertz CT molecular complexity index is 1180. The summed E-state index contributed by atoms with van der Waals surface area (Å²) in [6, 6.07) is 13.0. The zero-order chi connectivity index (χ0) is 19.8. The number of sulfone groups is 1. The van der Waals surface area contributed by atoms with E-state index in [0.717, 1.165) is 12.3 Å². The average Bonchev–Trinajstić information content (AvgIpc) is 2.61. The number of carboxylic acids is 1. The van der Waals surface area contributed by atoms with E-state index in [1.807, 2.05) is 0 Å². The molecular formula is C19H13ClO6S. The number of hydrogen-bond acceptors (Lipinski definition) is 5. The topological polar surface area (TPSA) is 102 Å². The van der Waals surface area contributed by atoms with Gasteiger partial charge in [-0.1, -0.05) is 23.7 Å². The summed E-state index contributed by atoms with van der Waals surface area (Å²) >= 11 is 5.89. The Kier molecular flexibility index (Phi) is 4.91. The summed E-state index contributed by atoms with van der Waals surface area (Å²) < 4.78 is 28.7. The minimum atomic E-state index is -3.40. The minimum absolute atomic E-state index is 0.0299. The summed E-state index contributed by atoms with van der Waals surface area (Å²) in [6.07, 6.45) is 1.08. The molecule has 27 heavy (non-hydrogen) atoms. The van der Waals surface area contributed by atoms with E-state index in [0.29, 0.717) is 16.1 Å². The molecule has 0 saturated carbocycles. The highest BCUT2D eigenvalue weighted by Crippen LogP contribution is 2.31. The first-order valence-corrected chi connectivity index (χ1v) is 9.91. The van der Waals surface area contributed by atoms with Gasteiger partial charge >= 0.3 is 5.97 Å². The molecule has 0 radical (unpaired) electrons. The second-order valence-electron chi connectivity index (χ2n) is 5.79. The number of carboxylic acid groups (broad SMARTS) is 1. The van der Waals surface area contributed by atoms with Crippen LogP contribution in [0.25, 0.3) is 22.5 Å². The van der Waals surface area contributed by atoms with Crippen LogP contribution in [0, 0.1) is 0 Å². The van der Waals surface area contributed by atoms with Crippen LogP contribution in [0.15, 0.2) is 68.7 Å². The molecule has 0 bridgehead atoms. The van der Waals surface area contributed by atoms with E-state index in [-0.39, 0.29) is 16.2 Å². The lowest BCUT2D eigenvalue weighted by molar-refractivity contribution is 0.0661. The summed E-state index contributed by atoms with van der Waals surface area (Å²) in [6.45, 7) is 0. The molecule has 1 N–H and O–H groups in total. The highest BCUT2D eigenvalue weighted by molar-refractivity contribution is 7.90. The Morgan fingerprint density at radius 3 is 2.07 bits per heavy atom. The molecule has 0 aliphatic carbocycles. The van der Waals surface area contributed by atoms with Crippen LogP contribution in [0.2, 0.25) is 5.02 Å². The maximum absolute atomic E-state index is 12.6. The fourth-order valence-electron chi connectivity index (χ4n) is 2.55. The second-order valence-corrected chi connectivity index (χ2v) is 8.24. The maximum atomic E-state index is 12.6. The molecule has 0 amide bonds. The van der Waals surface area contributed by atoms with E-state index >= 15 is 0 Å². The smallest absolute Gasteiger partial charge is 0.371 e. The van der Waals surface area contributed by atoms with Crippen molar-refractivity contribution in [3.63, 3.8) is 0 Å². The van der Waals surface area contributed by atoms with Crippen molar-refractivity contribution in [3.8, 4) is 22.5 Å². The molecule has 138 valence electrons. The zero-order valence-corrected chi connectivity index (χ0v) is 15.5. The first-order chi connectivity index (χ1) is 12.7. The molecule has 2 aromatic carbocycles. The number of hydrogen-bond donors (Lipinski definition) is 1. The van der Waals surface area contributed by atoms with Gasteiger partial charge in [0.15, 0.2) is 15.3 Å². The number of carbonyl (C=O) groups is 1. The van der Waals surface area contributed by atoms with E-state index in [2.05, 4.69) is 0 Å². The van der Waals surface area contributed by atoms with Crippen LogP contribution in [0.5, 0.6) is 0 Å². The predicted octanol–water partition coefficient (Wildman–Crippen LogP) is 3.73. The van der Waals surface area contributed by atoms with Crippen molar-refractivity contribution in [2.75, 3.05) is 6.26 Å². The van der Waals surface area contributed by atoms with Crippen molar-refractivity contribution in [2.45, 2.75) is 4.90 Å². The molecule has 0 spiro atoms. The fourth-order valence-corrected chi connectivity index (χ4v) is 3.30. The Morgan fingerprint density at radius 2 is 1.56 bits per heavy atom.